The topological polar surface area (TPSA) is 64.6 Å². The Kier molecular flexibility index (Phi) is 8.79. The maximum Gasteiger partial charge on any atom is 0.191 e. The van der Waals surface area contributed by atoms with Crippen LogP contribution in [0.25, 0.3) is 0 Å². The number of unbranched alkanes of at least 4 members (excludes halogenated alkanes) is 1. The van der Waals surface area contributed by atoms with Gasteiger partial charge >= 0.3 is 0 Å². The van der Waals surface area contributed by atoms with Crippen molar-refractivity contribution in [3.63, 3.8) is 0 Å². The average Bonchev–Trinajstić information content (AvgIpc) is 2.78. The molecule has 6 nitrogen and oxygen atoms in total. The third-order valence-corrected chi connectivity index (χ3v) is 5.27. The molecular formula is C23H34N6. The molecule has 1 aromatic carbocycles. The van der Waals surface area contributed by atoms with Crippen LogP contribution in [0.3, 0.4) is 0 Å². The lowest BCUT2D eigenvalue weighted by Gasteiger charge is -2.33. The van der Waals surface area contributed by atoms with Gasteiger partial charge in [-0.15, -0.1) is 0 Å². The number of likely N-dealkylation sites (tertiary alicyclic amines) is 1. The molecule has 2 heterocycles. The van der Waals surface area contributed by atoms with E-state index in [-0.39, 0.29) is 0 Å². The zero-order valence-corrected chi connectivity index (χ0v) is 17.5. The van der Waals surface area contributed by atoms with Gasteiger partial charge in [-0.1, -0.05) is 36.4 Å². The highest BCUT2D eigenvalue weighted by molar-refractivity contribution is 5.79. The van der Waals surface area contributed by atoms with E-state index in [1.807, 2.05) is 31.4 Å². The van der Waals surface area contributed by atoms with E-state index >= 15 is 0 Å². The summed E-state index contributed by atoms with van der Waals surface area (Å²) >= 11 is 0. The maximum absolute atomic E-state index is 4.39. The summed E-state index contributed by atoms with van der Waals surface area (Å²) in [5.41, 5.74) is 1.40. The van der Waals surface area contributed by atoms with Crippen LogP contribution in [-0.4, -0.2) is 55.1 Å². The third kappa shape index (κ3) is 7.74. The van der Waals surface area contributed by atoms with E-state index in [9.17, 15) is 0 Å². The summed E-state index contributed by atoms with van der Waals surface area (Å²) in [6, 6.07) is 17.2. The van der Waals surface area contributed by atoms with Crippen molar-refractivity contribution >= 4 is 11.8 Å². The molecule has 156 valence electrons. The van der Waals surface area contributed by atoms with Crippen LogP contribution in [0.5, 0.6) is 0 Å². The standard InChI is InChI=1S/C23H34N6/c1-24-23(27-16-8-7-15-26-22-11-5-6-14-25-22)28-21-12-17-29(18-13-21)19-20-9-3-2-4-10-20/h2-6,9-11,14,21H,7-8,12-13,15-19H2,1H3,(H,25,26)(H2,24,27,28). The summed E-state index contributed by atoms with van der Waals surface area (Å²) in [6.07, 6.45) is 6.31. The Balaban J connectivity index is 1.26. The Morgan fingerprint density at radius 3 is 2.52 bits per heavy atom. The van der Waals surface area contributed by atoms with Crippen LogP contribution < -0.4 is 16.0 Å². The molecule has 1 aliphatic rings. The molecular weight excluding hydrogens is 360 g/mol. The molecule has 0 bridgehead atoms. The van der Waals surface area contributed by atoms with Crippen molar-refractivity contribution in [3.8, 4) is 0 Å². The lowest BCUT2D eigenvalue weighted by Crippen LogP contribution is -2.48. The summed E-state index contributed by atoms with van der Waals surface area (Å²) in [4.78, 5) is 11.2. The first kappa shape index (κ1) is 21.1. The van der Waals surface area contributed by atoms with E-state index < -0.39 is 0 Å². The minimum absolute atomic E-state index is 0.499. The second-order valence-electron chi connectivity index (χ2n) is 7.53. The molecule has 0 radical (unpaired) electrons. The van der Waals surface area contributed by atoms with Gasteiger partial charge in [0.25, 0.3) is 0 Å². The number of hydrogen-bond donors (Lipinski definition) is 3. The zero-order valence-electron chi connectivity index (χ0n) is 17.5. The molecule has 0 aliphatic carbocycles. The third-order valence-electron chi connectivity index (χ3n) is 5.27. The summed E-state index contributed by atoms with van der Waals surface area (Å²) in [5, 5.41) is 10.4. The van der Waals surface area contributed by atoms with Gasteiger partial charge in [0.15, 0.2) is 5.96 Å². The minimum atomic E-state index is 0.499. The van der Waals surface area contributed by atoms with Crippen LogP contribution in [0.15, 0.2) is 59.7 Å². The molecule has 3 rings (SSSR count). The molecule has 1 fully saturated rings. The number of nitrogens with one attached hydrogen (secondary N) is 3. The number of rotatable bonds is 9. The fraction of sp³-hybridized carbons (Fsp3) is 0.478. The number of hydrogen-bond acceptors (Lipinski definition) is 4. The number of anilines is 1. The van der Waals surface area contributed by atoms with Crippen molar-refractivity contribution in [2.24, 2.45) is 4.99 Å². The van der Waals surface area contributed by atoms with Crippen molar-refractivity contribution in [2.75, 3.05) is 38.5 Å². The van der Waals surface area contributed by atoms with E-state index in [0.717, 1.165) is 70.2 Å². The molecule has 3 N–H and O–H groups in total. The highest BCUT2D eigenvalue weighted by atomic mass is 15.2. The van der Waals surface area contributed by atoms with Crippen LogP contribution >= 0.6 is 0 Å². The number of pyridine rings is 1. The lowest BCUT2D eigenvalue weighted by molar-refractivity contribution is 0.198. The summed E-state index contributed by atoms with van der Waals surface area (Å²) < 4.78 is 0. The fourth-order valence-electron chi connectivity index (χ4n) is 3.61. The van der Waals surface area contributed by atoms with Gasteiger partial charge in [0.1, 0.15) is 5.82 Å². The van der Waals surface area contributed by atoms with Crippen LogP contribution in [-0.2, 0) is 6.54 Å². The van der Waals surface area contributed by atoms with Gasteiger partial charge in [0.05, 0.1) is 0 Å². The van der Waals surface area contributed by atoms with Crippen molar-refractivity contribution < 1.29 is 0 Å². The summed E-state index contributed by atoms with van der Waals surface area (Å²) in [5.74, 6) is 1.86. The van der Waals surface area contributed by atoms with E-state index in [4.69, 9.17) is 0 Å². The van der Waals surface area contributed by atoms with Gasteiger partial charge in [-0.05, 0) is 43.4 Å². The Hall–Kier alpha value is -2.60. The first-order valence-electron chi connectivity index (χ1n) is 10.7. The second kappa shape index (κ2) is 12.1. The number of benzene rings is 1. The monoisotopic (exact) mass is 394 g/mol. The SMILES string of the molecule is CN=C(NCCCCNc1ccccn1)NC1CCN(Cc2ccccc2)CC1. The van der Waals surface area contributed by atoms with Gasteiger partial charge in [0.2, 0.25) is 0 Å². The molecule has 29 heavy (non-hydrogen) atoms. The number of aromatic nitrogens is 1. The molecule has 0 spiro atoms. The van der Waals surface area contributed by atoms with E-state index in [0.29, 0.717) is 6.04 Å². The second-order valence-corrected chi connectivity index (χ2v) is 7.53. The van der Waals surface area contributed by atoms with Gasteiger partial charge in [0, 0.05) is 52.0 Å². The summed E-state index contributed by atoms with van der Waals surface area (Å²) in [6.45, 7) is 5.17. The molecule has 1 aliphatic heterocycles. The average molecular weight is 395 g/mol. The molecule has 0 saturated carbocycles. The molecule has 1 aromatic heterocycles. The van der Waals surface area contributed by atoms with Crippen LogP contribution in [0.4, 0.5) is 5.82 Å². The molecule has 0 amide bonds. The quantitative estimate of drug-likeness (QED) is 0.347. The van der Waals surface area contributed by atoms with Crippen molar-refractivity contribution in [3.05, 3.63) is 60.3 Å². The van der Waals surface area contributed by atoms with Crippen molar-refractivity contribution in [1.29, 1.82) is 0 Å². The fourth-order valence-corrected chi connectivity index (χ4v) is 3.61. The van der Waals surface area contributed by atoms with Crippen LogP contribution in [0.1, 0.15) is 31.2 Å². The van der Waals surface area contributed by atoms with E-state index in [1.54, 1.807) is 0 Å². The Morgan fingerprint density at radius 1 is 1.03 bits per heavy atom. The number of piperidine rings is 1. The zero-order chi connectivity index (χ0) is 20.2. The minimum Gasteiger partial charge on any atom is -0.370 e. The van der Waals surface area contributed by atoms with E-state index in [2.05, 4.69) is 61.2 Å². The van der Waals surface area contributed by atoms with Gasteiger partial charge in [-0.3, -0.25) is 9.89 Å². The summed E-state index contributed by atoms with van der Waals surface area (Å²) in [7, 11) is 1.85. The normalized spacial score (nSPS) is 15.8. The molecule has 1 saturated heterocycles. The van der Waals surface area contributed by atoms with Gasteiger partial charge in [-0.25, -0.2) is 4.98 Å². The molecule has 0 unspecified atom stereocenters. The first-order valence-corrected chi connectivity index (χ1v) is 10.7. The van der Waals surface area contributed by atoms with E-state index in [1.165, 1.54) is 5.56 Å². The first-order chi connectivity index (χ1) is 14.3. The molecule has 6 heteroatoms. The Morgan fingerprint density at radius 2 is 1.79 bits per heavy atom. The largest absolute Gasteiger partial charge is 0.370 e. The van der Waals surface area contributed by atoms with Gasteiger partial charge < -0.3 is 16.0 Å². The highest BCUT2D eigenvalue weighted by Gasteiger charge is 2.19. The maximum atomic E-state index is 4.39. The van der Waals surface area contributed by atoms with Crippen LogP contribution in [0.2, 0.25) is 0 Å². The lowest BCUT2D eigenvalue weighted by atomic mass is 10.0. The Labute approximate surface area is 174 Å². The number of aliphatic imine (C=N–C) groups is 1. The number of nitrogens with zero attached hydrogens (tertiary/aromatic N) is 3. The highest BCUT2D eigenvalue weighted by Crippen LogP contribution is 2.13. The molecule has 2 aromatic rings. The van der Waals surface area contributed by atoms with Gasteiger partial charge in [-0.2, -0.15) is 0 Å². The Bertz CT molecular complexity index is 711. The predicted molar refractivity (Wildman–Crippen MR) is 121 cm³/mol. The number of guanidine groups is 1. The predicted octanol–water partition coefficient (Wildman–Crippen LogP) is 3.10. The van der Waals surface area contributed by atoms with Crippen LogP contribution in [0, 0.1) is 0 Å². The van der Waals surface area contributed by atoms with Crippen molar-refractivity contribution in [2.45, 2.75) is 38.3 Å². The molecule has 0 atom stereocenters. The van der Waals surface area contributed by atoms with Crippen molar-refractivity contribution in [1.82, 2.24) is 20.5 Å². The smallest absolute Gasteiger partial charge is 0.191 e.